The van der Waals surface area contributed by atoms with E-state index in [1.807, 2.05) is 0 Å². The molecule has 2 rings (SSSR count). The Balaban J connectivity index is 1.57. The van der Waals surface area contributed by atoms with Crippen molar-refractivity contribution < 1.29 is 22.3 Å². The van der Waals surface area contributed by atoms with Crippen molar-refractivity contribution >= 4 is 27.5 Å². The number of benzene rings is 1. The first kappa shape index (κ1) is 17.1. The second-order valence-electron chi connectivity index (χ2n) is 4.99. The number of hydrogen-bond donors (Lipinski definition) is 1. The van der Waals surface area contributed by atoms with Gasteiger partial charge in [0.25, 0.3) is 0 Å². The van der Waals surface area contributed by atoms with Gasteiger partial charge >= 0.3 is 0 Å². The first-order valence-corrected chi connectivity index (χ1v) is 9.79. The van der Waals surface area contributed by atoms with Crippen molar-refractivity contribution in [1.82, 2.24) is 5.32 Å². The molecule has 22 heavy (non-hydrogen) atoms. The fraction of sp³-hybridized carbons (Fsp3) is 0.500. The largest absolute Gasteiger partial charge is 0.492 e. The molecule has 1 aromatic carbocycles. The Morgan fingerprint density at radius 3 is 2.73 bits per heavy atom. The number of thioether (sulfide) groups is 1. The van der Waals surface area contributed by atoms with Crippen molar-refractivity contribution in [3.05, 3.63) is 30.1 Å². The minimum Gasteiger partial charge on any atom is -0.492 e. The van der Waals surface area contributed by atoms with E-state index in [0.717, 1.165) is 0 Å². The molecule has 1 fully saturated rings. The van der Waals surface area contributed by atoms with Crippen molar-refractivity contribution in [2.24, 2.45) is 0 Å². The minimum atomic E-state index is -2.90. The summed E-state index contributed by atoms with van der Waals surface area (Å²) in [5, 5.41) is 2.72. The maximum absolute atomic E-state index is 12.7. The molecule has 1 heterocycles. The number of ether oxygens (including phenoxy) is 1. The Labute approximate surface area is 133 Å². The summed E-state index contributed by atoms with van der Waals surface area (Å²) in [4.78, 5) is 11.6. The molecule has 0 spiro atoms. The van der Waals surface area contributed by atoms with Crippen molar-refractivity contribution in [3.63, 3.8) is 0 Å². The molecular formula is C14H18FNO4S2. The van der Waals surface area contributed by atoms with Gasteiger partial charge in [0.1, 0.15) is 18.2 Å². The number of halogens is 1. The Morgan fingerprint density at radius 1 is 1.36 bits per heavy atom. The van der Waals surface area contributed by atoms with Crippen LogP contribution in [-0.4, -0.2) is 50.0 Å². The summed E-state index contributed by atoms with van der Waals surface area (Å²) in [6.07, 6.45) is 0.619. The average Bonchev–Trinajstić information content (AvgIpc) is 2.83. The van der Waals surface area contributed by atoms with E-state index in [1.54, 1.807) is 0 Å². The number of rotatable bonds is 7. The number of hydrogen-bond acceptors (Lipinski definition) is 5. The van der Waals surface area contributed by atoms with Gasteiger partial charge < -0.3 is 10.1 Å². The van der Waals surface area contributed by atoms with Gasteiger partial charge in [0.2, 0.25) is 5.91 Å². The molecule has 0 aliphatic carbocycles. The highest BCUT2D eigenvalue weighted by atomic mass is 32.2. The standard InChI is InChI=1S/C14H18FNO4S2/c15-11-1-3-12(4-2-11)20-7-6-16-14(17)9-21-13-5-8-22(18,19)10-13/h1-4,13H,5-10H2,(H,16,17). The molecule has 122 valence electrons. The topological polar surface area (TPSA) is 72.5 Å². The third-order valence-electron chi connectivity index (χ3n) is 3.15. The summed E-state index contributed by atoms with van der Waals surface area (Å²) >= 11 is 1.38. The Kier molecular flexibility index (Phi) is 6.07. The summed E-state index contributed by atoms with van der Waals surface area (Å²) in [5.41, 5.74) is 0. The molecule has 1 aliphatic heterocycles. The zero-order valence-electron chi connectivity index (χ0n) is 12.0. The molecule has 0 radical (unpaired) electrons. The van der Waals surface area contributed by atoms with Crippen LogP contribution in [-0.2, 0) is 14.6 Å². The Bertz CT molecular complexity index is 604. The highest BCUT2D eigenvalue weighted by Crippen LogP contribution is 2.23. The average molecular weight is 347 g/mol. The highest BCUT2D eigenvalue weighted by Gasteiger charge is 2.28. The fourth-order valence-corrected chi connectivity index (χ4v) is 5.50. The fourth-order valence-electron chi connectivity index (χ4n) is 2.03. The van der Waals surface area contributed by atoms with Crippen molar-refractivity contribution in [2.75, 3.05) is 30.4 Å². The van der Waals surface area contributed by atoms with Crippen LogP contribution in [0.15, 0.2) is 24.3 Å². The maximum Gasteiger partial charge on any atom is 0.230 e. The van der Waals surface area contributed by atoms with E-state index >= 15 is 0 Å². The predicted molar refractivity (Wildman–Crippen MR) is 84.4 cm³/mol. The van der Waals surface area contributed by atoms with Crippen LogP contribution in [0.5, 0.6) is 5.75 Å². The van der Waals surface area contributed by atoms with E-state index in [2.05, 4.69) is 5.32 Å². The highest BCUT2D eigenvalue weighted by molar-refractivity contribution is 8.02. The molecule has 0 aromatic heterocycles. The summed E-state index contributed by atoms with van der Waals surface area (Å²) in [6, 6.07) is 5.65. The molecule has 0 saturated carbocycles. The molecule has 8 heteroatoms. The molecular weight excluding hydrogens is 329 g/mol. The van der Waals surface area contributed by atoms with Gasteiger partial charge in [0.05, 0.1) is 23.8 Å². The number of sulfone groups is 1. The number of nitrogens with one attached hydrogen (secondary N) is 1. The number of carbonyl (C=O) groups excluding carboxylic acids is 1. The normalized spacial score (nSPS) is 19.8. The first-order valence-electron chi connectivity index (χ1n) is 6.92. The summed E-state index contributed by atoms with van der Waals surface area (Å²) in [7, 11) is -2.90. The third kappa shape index (κ3) is 5.84. The van der Waals surface area contributed by atoms with E-state index < -0.39 is 9.84 Å². The van der Waals surface area contributed by atoms with Crippen LogP contribution in [0.25, 0.3) is 0 Å². The lowest BCUT2D eigenvalue weighted by molar-refractivity contribution is -0.118. The van der Waals surface area contributed by atoms with Crippen LogP contribution >= 0.6 is 11.8 Å². The zero-order chi connectivity index (χ0) is 16.0. The summed E-state index contributed by atoms with van der Waals surface area (Å²) < 4.78 is 40.6. The molecule has 5 nitrogen and oxygen atoms in total. The van der Waals surface area contributed by atoms with Gasteiger partial charge in [-0.2, -0.15) is 0 Å². The lowest BCUT2D eigenvalue weighted by atomic mass is 10.3. The second-order valence-corrected chi connectivity index (χ2v) is 8.51. The predicted octanol–water partition coefficient (Wildman–Crippen LogP) is 1.24. The van der Waals surface area contributed by atoms with Crippen LogP contribution in [0.3, 0.4) is 0 Å². The Morgan fingerprint density at radius 2 is 2.09 bits per heavy atom. The van der Waals surface area contributed by atoms with Crippen molar-refractivity contribution in [2.45, 2.75) is 11.7 Å². The summed E-state index contributed by atoms with van der Waals surface area (Å²) in [6.45, 7) is 0.638. The number of carbonyl (C=O) groups is 1. The monoisotopic (exact) mass is 347 g/mol. The lowest BCUT2D eigenvalue weighted by Crippen LogP contribution is -2.30. The maximum atomic E-state index is 12.7. The summed E-state index contributed by atoms with van der Waals surface area (Å²) in [5.74, 6) is 0.706. The quantitative estimate of drug-likeness (QED) is 0.752. The van der Waals surface area contributed by atoms with Gasteiger partial charge in [-0.1, -0.05) is 0 Å². The number of amides is 1. The molecule has 1 atom stereocenters. The van der Waals surface area contributed by atoms with Gasteiger partial charge in [-0.15, -0.1) is 11.8 Å². The van der Waals surface area contributed by atoms with Gasteiger partial charge in [-0.3, -0.25) is 4.79 Å². The smallest absolute Gasteiger partial charge is 0.230 e. The van der Waals surface area contributed by atoms with E-state index in [-0.39, 0.29) is 34.2 Å². The van der Waals surface area contributed by atoms with E-state index in [0.29, 0.717) is 25.3 Å². The van der Waals surface area contributed by atoms with Crippen molar-refractivity contribution in [3.8, 4) is 5.75 Å². The van der Waals surface area contributed by atoms with E-state index in [1.165, 1.54) is 36.0 Å². The van der Waals surface area contributed by atoms with Crippen LogP contribution in [0, 0.1) is 5.82 Å². The van der Waals surface area contributed by atoms with E-state index in [9.17, 15) is 17.6 Å². The van der Waals surface area contributed by atoms with Crippen LogP contribution in [0.4, 0.5) is 4.39 Å². The van der Waals surface area contributed by atoms with Crippen LogP contribution < -0.4 is 10.1 Å². The molecule has 1 saturated heterocycles. The van der Waals surface area contributed by atoms with Gasteiger partial charge in [0, 0.05) is 5.25 Å². The SMILES string of the molecule is O=C(CSC1CCS(=O)(=O)C1)NCCOc1ccc(F)cc1. The Hall–Kier alpha value is -1.28. The van der Waals surface area contributed by atoms with Crippen LogP contribution in [0.1, 0.15) is 6.42 Å². The molecule has 0 bridgehead atoms. The zero-order valence-corrected chi connectivity index (χ0v) is 13.6. The third-order valence-corrected chi connectivity index (χ3v) is 6.43. The molecule has 1 amide bonds. The second kappa shape index (κ2) is 7.82. The molecule has 1 N–H and O–H groups in total. The van der Waals surface area contributed by atoms with E-state index in [4.69, 9.17) is 4.74 Å². The molecule has 1 aromatic rings. The molecule has 1 aliphatic rings. The minimum absolute atomic E-state index is 0.0196. The van der Waals surface area contributed by atoms with Crippen molar-refractivity contribution in [1.29, 1.82) is 0 Å². The first-order chi connectivity index (χ1) is 10.4. The van der Waals surface area contributed by atoms with Gasteiger partial charge in [-0.25, -0.2) is 12.8 Å². The lowest BCUT2D eigenvalue weighted by Gasteiger charge is -2.09. The molecule has 1 unspecified atom stereocenters. The van der Waals surface area contributed by atoms with Gasteiger partial charge in [-0.05, 0) is 30.7 Å². The van der Waals surface area contributed by atoms with Crippen LogP contribution in [0.2, 0.25) is 0 Å². The van der Waals surface area contributed by atoms with Gasteiger partial charge in [0.15, 0.2) is 9.84 Å².